The summed E-state index contributed by atoms with van der Waals surface area (Å²) in [6.07, 6.45) is 0. The van der Waals surface area contributed by atoms with E-state index in [-0.39, 0.29) is 0 Å². The monoisotopic (exact) mass is 739 g/mol. The molecule has 1 aromatic heterocycles. The van der Waals surface area contributed by atoms with E-state index < -0.39 is 5.41 Å². The third-order valence-electron chi connectivity index (χ3n) is 12.8. The Labute approximate surface area is 334 Å². The minimum absolute atomic E-state index is 0.419. The van der Waals surface area contributed by atoms with Gasteiger partial charge in [0.05, 0.1) is 5.41 Å². The van der Waals surface area contributed by atoms with Gasteiger partial charge in [-0.15, -0.1) is 11.3 Å². The van der Waals surface area contributed by atoms with E-state index in [1.807, 2.05) is 11.3 Å². The zero-order valence-corrected chi connectivity index (χ0v) is 31.7. The molecule has 2 aliphatic rings. The number of para-hydroxylation sites is 2. The van der Waals surface area contributed by atoms with Crippen molar-refractivity contribution in [2.75, 3.05) is 4.90 Å². The summed E-state index contributed by atoms with van der Waals surface area (Å²) in [4.78, 5) is 2.33. The van der Waals surface area contributed by atoms with Gasteiger partial charge in [0.2, 0.25) is 0 Å². The van der Waals surface area contributed by atoms with Crippen LogP contribution >= 0.6 is 11.3 Å². The summed E-state index contributed by atoms with van der Waals surface area (Å²) in [6, 6.07) is 74.9. The molecule has 0 fully saturated rings. The van der Waals surface area contributed by atoms with Crippen molar-refractivity contribution in [3.63, 3.8) is 0 Å². The SMILES string of the molecule is c1ccc(N(c2ccccc2)c2ccc3cc(-c4cc5c6c(ccc7cccc(c76)C56c5ccccc5-c5cc7c(cc56)sc5ccccc57)c4)ccc3c2)cc1. The minimum atomic E-state index is -0.419. The number of anilines is 3. The van der Waals surface area contributed by atoms with Gasteiger partial charge in [0, 0.05) is 37.2 Å². The summed E-state index contributed by atoms with van der Waals surface area (Å²) in [5.74, 6) is 0. The molecule has 1 nitrogen and oxygen atoms in total. The van der Waals surface area contributed by atoms with Gasteiger partial charge in [-0.05, 0) is 150 Å². The maximum absolute atomic E-state index is 2.54. The molecular formula is C55H33NS. The third kappa shape index (κ3) is 4.23. The van der Waals surface area contributed by atoms with Crippen molar-refractivity contribution in [2.45, 2.75) is 5.41 Å². The van der Waals surface area contributed by atoms with Gasteiger partial charge in [0.15, 0.2) is 0 Å². The molecule has 0 aliphatic heterocycles. The van der Waals surface area contributed by atoms with Gasteiger partial charge < -0.3 is 4.90 Å². The first-order valence-electron chi connectivity index (χ1n) is 19.7. The molecule has 0 saturated heterocycles. The summed E-state index contributed by atoms with van der Waals surface area (Å²) in [6.45, 7) is 0. The van der Waals surface area contributed by atoms with E-state index in [9.17, 15) is 0 Å². The molecule has 0 N–H and O–H groups in total. The van der Waals surface area contributed by atoms with E-state index in [1.165, 1.54) is 97.0 Å². The molecule has 1 heterocycles. The highest BCUT2D eigenvalue weighted by Crippen LogP contribution is 2.63. The zero-order chi connectivity index (χ0) is 37.2. The molecule has 1 unspecified atom stereocenters. The van der Waals surface area contributed by atoms with Crippen LogP contribution in [0.25, 0.3) is 74.7 Å². The third-order valence-corrected chi connectivity index (χ3v) is 13.9. The molecule has 10 aromatic carbocycles. The Kier molecular flexibility index (Phi) is 6.31. The second-order valence-electron chi connectivity index (χ2n) is 15.6. The van der Waals surface area contributed by atoms with Crippen LogP contribution in [-0.4, -0.2) is 0 Å². The predicted octanol–water partition coefficient (Wildman–Crippen LogP) is 15.3. The van der Waals surface area contributed by atoms with Gasteiger partial charge in [-0.25, -0.2) is 0 Å². The second kappa shape index (κ2) is 11.5. The van der Waals surface area contributed by atoms with E-state index in [4.69, 9.17) is 0 Å². The Morgan fingerprint density at radius 3 is 1.86 bits per heavy atom. The molecular weight excluding hydrogens is 707 g/mol. The van der Waals surface area contributed by atoms with Gasteiger partial charge in [0.25, 0.3) is 0 Å². The lowest BCUT2D eigenvalue weighted by atomic mass is 9.69. The number of nitrogens with zero attached hydrogens (tertiary/aromatic N) is 1. The average molecular weight is 740 g/mol. The van der Waals surface area contributed by atoms with E-state index in [0.717, 1.165) is 17.1 Å². The van der Waals surface area contributed by atoms with Crippen molar-refractivity contribution in [2.24, 2.45) is 0 Å². The predicted molar refractivity (Wildman–Crippen MR) is 243 cm³/mol. The van der Waals surface area contributed by atoms with Crippen molar-refractivity contribution < 1.29 is 0 Å². The van der Waals surface area contributed by atoms with Crippen molar-refractivity contribution in [3.05, 3.63) is 222 Å². The molecule has 2 heteroatoms. The molecule has 1 atom stereocenters. The largest absolute Gasteiger partial charge is 0.310 e. The highest BCUT2D eigenvalue weighted by Gasteiger charge is 2.51. The Bertz CT molecular complexity index is 3430. The van der Waals surface area contributed by atoms with Crippen LogP contribution in [0.3, 0.4) is 0 Å². The lowest BCUT2D eigenvalue weighted by molar-refractivity contribution is 0.798. The van der Waals surface area contributed by atoms with Crippen LogP contribution in [0.5, 0.6) is 0 Å². The topological polar surface area (TPSA) is 3.24 Å². The highest BCUT2D eigenvalue weighted by atomic mass is 32.1. The quantitative estimate of drug-likeness (QED) is 0.163. The molecule has 57 heavy (non-hydrogen) atoms. The van der Waals surface area contributed by atoms with Crippen LogP contribution in [0, 0.1) is 0 Å². The van der Waals surface area contributed by atoms with E-state index in [1.54, 1.807) is 0 Å². The number of hydrogen-bond donors (Lipinski definition) is 0. The van der Waals surface area contributed by atoms with Gasteiger partial charge >= 0.3 is 0 Å². The summed E-state index contributed by atoms with van der Waals surface area (Å²) in [5, 5.41) is 10.5. The van der Waals surface area contributed by atoms with Crippen LogP contribution in [0.2, 0.25) is 0 Å². The molecule has 0 amide bonds. The molecule has 11 aromatic rings. The fourth-order valence-corrected chi connectivity index (χ4v) is 11.5. The highest BCUT2D eigenvalue weighted by molar-refractivity contribution is 7.25. The maximum atomic E-state index is 2.54. The molecule has 13 rings (SSSR count). The zero-order valence-electron chi connectivity index (χ0n) is 30.9. The first-order valence-corrected chi connectivity index (χ1v) is 20.6. The van der Waals surface area contributed by atoms with Gasteiger partial charge in [0.1, 0.15) is 0 Å². The van der Waals surface area contributed by atoms with Gasteiger partial charge in [-0.3, -0.25) is 0 Å². The summed E-state index contributed by atoms with van der Waals surface area (Å²) in [7, 11) is 0. The van der Waals surface area contributed by atoms with E-state index in [0.29, 0.717) is 0 Å². The maximum Gasteiger partial charge on any atom is 0.0726 e. The number of benzene rings is 10. The number of rotatable bonds is 4. The smallest absolute Gasteiger partial charge is 0.0726 e. The van der Waals surface area contributed by atoms with Crippen LogP contribution in [-0.2, 0) is 5.41 Å². The standard InChI is InChI=1S/C55H33NS/c1-3-13-40(14-4-1)56(41-15-5-2-6-16-41)42-27-26-35-28-36(23-24-37(35)30-42)39-29-38-25-22-34-12-11-20-48-53(34)54(38)50(31-39)55(48)47-19-9-7-17-43(47)45-32-46-44-18-8-10-21-51(44)57-52(46)33-49(45)55/h1-33H. The number of hydrogen-bond acceptors (Lipinski definition) is 2. The van der Waals surface area contributed by atoms with Crippen molar-refractivity contribution in [1.82, 2.24) is 0 Å². The fourth-order valence-electron chi connectivity index (χ4n) is 10.4. The molecule has 264 valence electrons. The van der Waals surface area contributed by atoms with Crippen LogP contribution in [0.4, 0.5) is 17.1 Å². The Balaban J connectivity index is 1.02. The summed E-state index contributed by atoms with van der Waals surface area (Å²) < 4.78 is 2.70. The Hall–Kier alpha value is -7.00. The van der Waals surface area contributed by atoms with Gasteiger partial charge in [-0.1, -0.05) is 127 Å². The lowest BCUT2D eigenvalue weighted by Crippen LogP contribution is -2.26. The van der Waals surface area contributed by atoms with Crippen molar-refractivity contribution in [1.29, 1.82) is 0 Å². The van der Waals surface area contributed by atoms with Crippen LogP contribution < -0.4 is 4.90 Å². The molecule has 2 aliphatic carbocycles. The van der Waals surface area contributed by atoms with E-state index in [2.05, 4.69) is 205 Å². The first-order chi connectivity index (χ1) is 28.2. The first kappa shape index (κ1) is 31.2. The van der Waals surface area contributed by atoms with Crippen LogP contribution in [0.1, 0.15) is 22.3 Å². The van der Waals surface area contributed by atoms with Crippen molar-refractivity contribution >= 4 is 80.9 Å². The Morgan fingerprint density at radius 2 is 1.00 bits per heavy atom. The van der Waals surface area contributed by atoms with Crippen molar-refractivity contribution in [3.8, 4) is 22.3 Å². The molecule has 1 spiro atoms. The second-order valence-corrected chi connectivity index (χ2v) is 16.7. The minimum Gasteiger partial charge on any atom is -0.310 e. The Morgan fingerprint density at radius 1 is 0.333 bits per heavy atom. The van der Waals surface area contributed by atoms with Crippen LogP contribution in [0.15, 0.2) is 200 Å². The fraction of sp³-hybridized carbons (Fsp3) is 0.0182. The normalized spacial score (nSPS) is 15.1. The lowest BCUT2D eigenvalue weighted by Gasteiger charge is -2.31. The van der Waals surface area contributed by atoms with E-state index >= 15 is 0 Å². The molecule has 0 saturated carbocycles. The molecule has 0 bridgehead atoms. The molecule has 0 radical (unpaired) electrons. The number of fused-ring (bicyclic) bond motifs is 11. The number of thiophene rings is 1. The summed E-state index contributed by atoms with van der Waals surface area (Å²) in [5.41, 5.74) is 13.8. The average Bonchev–Trinajstić information content (AvgIpc) is 3.89. The summed E-state index contributed by atoms with van der Waals surface area (Å²) >= 11 is 1.92. The van der Waals surface area contributed by atoms with Gasteiger partial charge in [-0.2, -0.15) is 0 Å².